The van der Waals surface area contributed by atoms with Gasteiger partial charge in [0.1, 0.15) is 11.9 Å². The predicted octanol–water partition coefficient (Wildman–Crippen LogP) is 3.26. The number of alkyl halides is 5. The van der Waals surface area contributed by atoms with E-state index in [-0.39, 0.29) is 29.7 Å². The minimum atomic E-state index is -4.67. The maximum absolute atomic E-state index is 12.9. The molecule has 0 aliphatic heterocycles. The molecule has 1 aromatic rings. The van der Waals surface area contributed by atoms with Crippen molar-refractivity contribution in [3.63, 3.8) is 0 Å². The van der Waals surface area contributed by atoms with Crippen LogP contribution in [-0.2, 0) is 12.6 Å². The van der Waals surface area contributed by atoms with Gasteiger partial charge in [-0.05, 0) is 12.8 Å². The standard InChI is InChI=1S/C13H12F5NO2/c14-12(15)3-6(4-12)21-9-5-19-11(13(16,17)18)10-7(9)1-2-8(10)20/h5-6,8,20H,1-4H2/t8-/m1/s1. The van der Waals surface area contributed by atoms with Gasteiger partial charge in [-0.15, -0.1) is 0 Å². The lowest BCUT2D eigenvalue weighted by molar-refractivity contribution is -0.143. The van der Waals surface area contributed by atoms with Gasteiger partial charge in [-0.3, -0.25) is 0 Å². The summed E-state index contributed by atoms with van der Waals surface area (Å²) < 4.78 is 69.5. The van der Waals surface area contributed by atoms with E-state index in [0.717, 1.165) is 6.20 Å². The van der Waals surface area contributed by atoms with Crippen molar-refractivity contribution in [2.45, 2.75) is 50.0 Å². The second-order valence-corrected chi connectivity index (χ2v) is 5.42. The number of ether oxygens (including phenoxy) is 1. The first-order chi connectivity index (χ1) is 9.67. The van der Waals surface area contributed by atoms with Crippen molar-refractivity contribution in [2.24, 2.45) is 0 Å². The molecular weight excluding hydrogens is 297 g/mol. The van der Waals surface area contributed by atoms with Crippen molar-refractivity contribution in [3.05, 3.63) is 23.0 Å². The Morgan fingerprint density at radius 3 is 2.52 bits per heavy atom. The van der Waals surface area contributed by atoms with Crippen LogP contribution >= 0.6 is 0 Å². The molecule has 0 radical (unpaired) electrons. The van der Waals surface area contributed by atoms with Gasteiger partial charge in [0.05, 0.1) is 12.3 Å². The number of rotatable bonds is 2. The molecule has 1 atom stereocenters. The molecule has 0 amide bonds. The van der Waals surface area contributed by atoms with Crippen LogP contribution in [0.1, 0.15) is 42.2 Å². The van der Waals surface area contributed by atoms with E-state index in [2.05, 4.69) is 4.98 Å². The molecule has 0 spiro atoms. The Balaban J connectivity index is 1.91. The Bertz CT molecular complexity index is 564. The molecule has 21 heavy (non-hydrogen) atoms. The van der Waals surface area contributed by atoms with Crippen LogP contribution in [0.15, 0.2) is 6.20 Å². The van der Waals surface area contributed by atoms with Gasteiger partial charge in [-0.2, -0.15) is 13.2 Å². The second-order valence-electron chi connectivity index (χ2n) is 5.42. The van der Waals surface area contributed by atoms with Gasteiger partial charge in [-0.25, -0.2) is 13.8 Å². The summed E-state index contributed by atoms with van der Waals surface area (Å²) in [5.74, 6) is -2.71. The molecule has 0 unspecified atom stereocenters. The summed E-state index contributed by atoms with van der Waals surface area (Å²) in [5, 5.41) is 9.72. The second kappa shape index (κ2) is 4.53. The van der Waals surface area contributed by atoms with E-state index in [1.165, 1.54) is 0 Å². The summed E-state index contributed by atoms with van der Waals surface area (Å²) >= 11 is 0. The van der Waals surface area contributed by atoms with Gasteiger partial charge >= 0.3 is 6.18 Å². The van der Waals surface area contributed by atoms with Crippen molar-refractivity contribution in [3.8, 4) is 5.75 Å². The van der Waals surface area contributed by atoms with Crippen LogP contribution in [0.4, 0.5) is 22.0 Å². The van der Waals surface area contributed by atoms with Crippen molar-refractivity contribution >= 4 is 0 Å². The molecule has 3 nitrogen and oxygen atoms in total. The third-order valence-corrected chi connectivity index (χ3v) is 3.80. The smallest absolute Gasteiger partial charge is 0.433 e. The Labute approximate surface area is 116 Å². The number of aromatic nitrogens is 1. The van der Waals surface area contributed by atoms with Crippen LogP contribution in [-0.4, -0.2) is 22.1 Å². The van der Waals surface area contributed by atoms with Crippen LogP contribution in [0.5, 0.6) is 5.75 Å². The molecule has 0 aromatic carbocycles. The van der Waals surface area contributed by atoms with Crippen molar-refractivity contribution in [1.82, 2.24) is 4.98 Å². The average Bonchev–Trinajstić information content (AvgIpc) is 2.69. The fourth-order valence-corrected chi connectivity index (χ4v) is 2.79. The van der Waals surface area contributed by atoms with E-state index in [9.17, 15) is 27.1 Å². The number of hydrogen-bond acceptors (Lipinski definition) is 3. The van der Waals surface area contributed by atoms with Crippen LogP contribution in [0.25, 0.3) is 0 Å². The third kappa shape index (κ3) is 2.56. The van der Waals surface area contributed by atoms with Crippen molar-refractivity contribution in [2.75, 3.05) is 0 Å². The molecule has 1 heterocycles. The van der Waals surface area contributed by atoms with Crippen LogP contribution in [0, 0.1) is 0 Å². The topological polar surface area (TPSA) is 42.4 Å². The maximum Gasteiger partial charge on any atom is 0.433 e. The first kappa shape index (κ1) is 14.5. The predicted molar refractivity (Wildman–Crippen MR) is 61.1 cm³/mol. The fourth-order valence-electron chi connectivity index (χ4n) is 2.79. The largest absolute Gasteiger partial charge is 0.488 e. The van der Waals surface area contributed by atoms with E-state index in [0.29, 0.717) is 0 Å². The molecule has 2 aliphatic carbocycles. The normalized spacial score (nSPS) is 24.6. The fraction of sp³-hybridized carbons (Fsp3) is 0.615. The highest BCUT2D eigenvalue weighted by molar-refractivity contribution is 5.46. The van der Waals surface area contributed by atoms with Crippen LogP contribution in [0.3, 0.4) is 0 Å². The van der Waals surface area contributed by atoms with E-state index in [1.807, 2.05) is 0 Å². The Hall–Kier alpha value is -1.44. The van der Waals surface area contributed by atoms with E-state index >= 15 is 0 Å². The molecule has 0 bridgehead atoms. The zero-order valence-electron chi connectivity index (χ0n) is 10.8. The zero-order valence-corrected chi connectivity index (χ0v) is 10.8. The average molecular weight is 309 g/mol. The van der Waals surface area contributed by atoms with Gasteiger partial charge < -0.3 is 9.84 Å². The van der Waals surface area contributed by atoms with E-state index in [4.69, 9.17) is 4.74 Å². The van der Waals surface area contributed by atoms with Crippen molar-refractivity contribution < 1.29 is 31.8 Å². The zero-order chi connectivity index (χ0) is 15.4. The minimum absolute atomic E-state index is 0.0649. The SMILES string of the molecule is O[C@@H]1CCc2c(OC3CC(F)(F)C3)cnc(C(F)(F)F)c21. The monoisotopic (exact) mass is 309 g/mol. The Morgan fingerprint density at radius 2 is 1.95 bits per heavy atom. The molecule has 1 fully saturated rings. The number of hydrogen-bond donors (Lipinski definition) is 1. The van der Waals surface area contributed by atoms with Crippen LogP contribution in [0.2, 0.25) is 0 Å². The number of aliphatic hydroxyl groups excluding tert-OH is 1. The number of nitrogens with zero attached hydrogens (tertiary/aromatic N) is 1. The molecule has 2 aliphatic rings. The molecule has 1 saturated carbocycles. The lowest BCUT2D eigenvalue weighted by atomic mass is 9.91. The highest BCUT2D eigenvalue weighted by Crippen LogP contribution is 2.46. The van der Waals surface area contributed by atoms with E-state index in [1.54, 1.807) is 0 Å². The molecule has 1 N–H and O–H groups in total. The molecule has 1 aromatic heterocycles. The quantitative estimate of drug-likeness (QED) is 0.853. The summed E-state index contributed by atoms with van der Waals surface area (Å²) in [5.41, 5.74) is -1.19. The summed E-state index contributed by atoms with van der Waals surface area (Å²) in [6.45, 7) is 0. The van der Waals surface area contributed by atoms with Gasteiger partial charge in [0, 0.05) is 24.0 Å². The number of halogens is 5. The Kier molecular flexibility index (Phi) is 3.12. The number of aliphatic hydroxyl groups is 1. The molecule has 0 saturated heterocycles. The van der Waals surface area contributed by atoms with Gasteiger partial charge in [0.2, 0.25) is 0 Å². The lowest BCUT2D eigenvalue weighted by Crippen LogP contribution is -2.43. The third-order valence-electron chi connectivity index (χ3n) is 3.80. The summed E-state index contributed by atoms with van der Waals surface area (Å²) in [6, 6.07) is 0. The summed E-state index contributed by atoms with van der Waals surface area (Å²) in [4.78, 5) is 3.32. The Morgan fingerprint density at radius 1 is 1.29 bits per heavy atom. The highest BCUT2D eigenvalue weighted by Gasteiger charge is 2.48. The van der Waals surface area contributed by atoms with Gasteiger partial charge in [0.15, 0.2) is 5.69 Å². The first-order valence-electron chi connectivity index (χ1n) is 6.49. The molecule has 116 valence electrons. The van der Waals surface area contributed by atoms with E-state index < -0.39 is 42.8 Å². The lowest BCUT2D eigenvalue weighted by Gasteiger charge is -2.35. The number of pyridine rings is 1. The first-order valence-corrected chi connectivity index (χ1v) is 6.49. The summed E-state index contributed by atoms with van der Waals surface area (Å²) in [7, 11) is 0. The molecule has 8 heteroatoms. The molecule has 3 rings (SSSR count). The number of fused-ring (bicyclic) bond motifs is 1. The molecular formula is C13H12F5NO2. The van der Waals surface area contributed by atoms with Gasteiger partial charge in [0.25, 0.3) is 5.92 Å². The van der Waals surface area contributed by atoms with Crippen LogP contribution < -0.4 is 4.74 Å². The van der Waals surface area contributed by atoms with Gasteiger partial charge in [-0.1, -0.05) is 0 Å². The highest BCUT2D eigenvalue weighted by atomic mass is 19.4. The minimum Gasteiger partial charge on any atom is -0.488 e. The maximum atomic E-state index is 12.9. The van der Waals surface area contributed by atoms with Crippen molar-refractivity contribution in [1.29, 1.82) is 0 Å². The summed E-state index contributed by atoms with van der Waals surface area (Å²) in [6.07, 6.45) is -6.29.